The fourth-order valence-electron chi connectivity index (χ4n) is 1.98. The first-order valence-corrected chi connectivity index (χ1v) is 6.94. The Morgan fingerprint density at radius 3 is 1.91 bits per heavy atom. The third-order valence-electron chi connectivity index (χ3n) is 3.14. The molecule has 0 aromatic heterocycles. The van der Waals surface area contributed by atoms with Crippen molar-refractivity contribution >= 4 is 17.7 Å². The van der Waals surface area contributed by atoms with Crippen LogP contribution in [0.25, 0.3) is 0 Å². The van der Waals surface area contributed by atoms with Crippen LogP contribution in [0.5, 0.6) is 17.2 Å². The van der Waals surface area contributed by atoms with Crippen LogP contribution in [0.1, 0.15) is 13.8 Å². The van der Waals surface area contributed by atoms with Crippen molar-refractivity contribution in [2.24, 2.45) is 5.92 Å². The highest BCUT2D eigenvalue weighted by Crippen LogP contribution is 2.39. The number of methoxy groups -OCH3 is 3. The number of carbonyl (C=O) groups excluding carboxylic acids is 1. The summed E-state index contributed by atoms with van der Waals surface area (Å²) in [5, 5.41) is 14.1. The van der Waals surface area contributed by atoms with Gasteiger partial charge in [0.1, 0.15) is 6.04 Å². The maximum Gasteiger partial charge on any atom is 0.326 e. The molecule has 2 amide bonds. The molecule has 0 fully saturated rings. The summed E-state index contributed by atoms with van der Waals surface area (Å²) in [5.41, 5.74) is 0.380. The van der Waals surface area contributed by atoms with E-state index < -0.39 is 18.0 Å². The molecule has 1 atom stereocenters. The van der Waals surface area contributed by atoms with Crippen molar-refractivity contribution in [3.8, 4) is 17.2 Å². The largest absolute Gasteiger partial charge is 0.493 e. The lowest BCUT2D eigenvalue weighted by atomic mass is 10.1. The fourth-order valence-corrected chi connectivity index (χ4v) is 1.98. The zero-order valence-electron chi connectivity index (χ0n) is 13.8. The Kier molecular flexibility index (Phi) is 6.49. The zero-order valence-corrected chi connectivity index (χ0v) is 13.8. The van der Waals surface area contributed by atoms with Gasteiger partial charge in [0.05, 0.1) is 27.0 Å². The second kappa shape index (κ2) is 8.11. The van der Waals surface area contributed by atoms with E-state index >= 15 is 0 Å². The van der Waals surface area contributed by atoms with Gasteiger partial charge >= 0.3 is 12.0 Å². The molecule has 23 heavy (non-hydrogen) atoms. The number of carboxylic acid groups (broad SMARTS) is 1. The number of carbonyl (C=O) groups is 2. The maximum atomic E-state index is 12.0. The molecule has 0 saturated heterocycles. The first kappa shape index (κ1) is 18.4. The van der Waals surface area contributed by atoms with Gasteiger partial charge in [-0.05, 0) is 5.92 Å². The van der Waals surface area contributed by atoms with E-state index in [1.165, 1.54) is 21.3 Å². The second-order valence-electron chi connectivity index (χ2n) is 5.07. The molecule has 0 aliphatic rings. The van der Waals surface area contributed by atoms with E-state index in [4.69, 9.17) is 19.3 Å². The first-order chi connectivity index (χ1) is 10.8. The van der Waals surface area contributed by atoms with Crippen LogP contribution in [-0.2, 0) is 4.79 Å². The summed E-state index contributed by atoms with van der Waals surface area (Å²) in [6, 6.07) is 1.47. The fraction of sp³-hybridized carbons (Fsp3) is 0.467. The van der Waals surface area contributed by atoms with E-state index in [0.29, 0.717) is 22.9 Å². The third-order valence-corrected chi connectivity index (χ3v) is 3.14. The van der Waals surface area contributed by atoms with Crippen LogP contribution in [0.15, 0.2) is 12.1 Å². The van der Waals surface area contributed by atoms with E-state index in [2.05, 4.69) is 10.6 Å². The lowest BCUT2D eigenvalue weighted by Crippen LogP contribution is -2.46. The Balaban J connectivity index is 2.96. The lowest BCUT2D eigenvalue weighted by molar-refractivity contribution is -0.140. The first-order valence-electron chi connectivity index (χ1n) is 6.94. The summed E-state index contributed by atoms with van der Waals surface area (Å²) in [6.45, 7) is 3.41. The Morgan fingerprint density at radius 2 is 1.57 bits per heavy atom. The zero-order chi connectivity index (χ0) is 17.6. The van der Waals surface area contributed by atoms with Gasteiger partial charge in [0.15, 0.2) is 11.5 Å². The summed E-state index contributed by atoms with van der Waals surface area (Å²) < 4.78 is 15.6. The van der Waals surface area contributed by atoms with Gasteiger partial charge in [-0.25, -0.2) is 9.59 Å². The van der Waals surface area contributed by atoms with Crippen molar-refractivity contribution in [3.63, 3.8) is 0 Å². The Bertz CT molecular complexity index is 548. The number of hydrogen-bond acceptors (Lipinski definition) is 5. The van der Waals surface area contributed by atoms with Gasteiger partial charge < -0.3 is 30.0 Å². The molecule has 1 aromatic rings. The van der Waals surface area contributed by atoms with Gasteiger partial charge in [0.25, 0.3) is 0 Å². The Hall–Kier alpha value is -2.64. The summed E-state index contributed by atoms with van der Waals surface area (Å²) in [7, 11) is 4.39. The Labute approximate surface area is 134 Å². The number of urea groups is 1. The van der Waals surface area contributed by atoms with E-state index in [9.17, 15) is 9.59 Å². The molecule has 1 aromatic carbocycles. The van der Waals surface area contributed by atoms with Gasteiger partial charge in [-0.1, -0.05) is 13.8 Å². The van der Waals surface area contributed by atoms with Crippen molar-refractivity contribution in [3.05, 3.63) is 12.1 Å². The van der Waals surface area contributed by atoms with Crippen molar-refractivity contribution < 1.29 is 28.9 Å². The minimum Gasteiger partial charge on any atom is -0.493 e. The molecule has 3 N–H and O–H groups in total. The third kappa shape index (κ3) is 4.67. The molecule has 128 valence electrons. The number of amides is 2. The van der Waals surface area contributed by atoms with Gasteiger partial charge in [0, 0.05) is 12.1 Å². The van der Waals surface area contributed by atoms with Crippen molar-refractivity contribution in [2.75, 3.05) is 26.6 Å². The van der Waals surface area contributed by atoms with Gasteiger partial charge in [-0.2, -0.15) is 0 Å². The normalized spacial score (nSPS) is 11.6. The predicted octanol–water partition coefficient (Wildman–Crippen LogP) is 1.94. The molecule has 0 heterocycles. The summed E-state index contributed by atoms with van der Waals surface area (Å²) >= 11 is 0. The maximum absolute atomic E-state index is 12.0. The number of rotatable bonds is 7. The van der Waals surface area contributed by atoms with E-state index in [0.717, 1.165) is 0 Å². The highest BCUT2D eigenvalue weighted by Gasteiger charge is 2.23. The molecule has 0 spiro atoms. The van der Waals surface area contributed by atoms with Gasteiger partial charge in [-0.3, -0.25) is 0 Å². The summed E-state index contributed by atoms with van der Waals surface area (Å²) in [4.78, 5) is 23.1. The predicted molar refractivity (Wildman–Crippen MR) is 84.5 cm³/mol. The SMILES string of the molecule is COc1cc(NC(=O)NC(C(=O)O)C(C)C)cc(OC)c1OC. The monoisotopic (exact) mass is 326 g/mol. The second-order valence-corrected chi connectivity index (χ2v) is 5.07. The topological polar surface area (TPSA) is 106 Å². The number of aliphatic carboxylic acids is 1. The average Bonchev–Trinajstić information content (AvgIpc) is 2.50. The molecule has 0 bridgehead atoms. The number of hydrogen-bond donors (Lipinski definition) is 3. The highest BCUT2D eigenvalue weighted by atomic mass is 16.5. The van der Waals surface area contributed by atoms with E-state index in [1.807, 2.05) is 0 Å². The van der Waals surface area contributed by atoms with E-state index in [-0.39, 0.29) is 5.92 Å². The number of carboxylic acids is 1. The van der Waals surface area contributed by atoms with Crippen LogP contribution < -0.4 is 24.8 Å². The van der Waals surface area contributed by atoms with Crippen LogP contribution in [-0.4, -0.2) is 44.5 Å². The van der Waals surface area contributed by atoms with Crippen LogP contribution in [0.4, 0.5) is 10.5 Å². The molecule has 0 aliphatic heterocycles. The number of benzene rings is 1. The number of anilines is 1. The van der Waals surface area contributed by atoms with Gasteiger partial charge in [-0.15, -0.1) is 0 Å². The van der Waals surface area contributed by atoms with Crippen LogP contribution in [0.2, 0.25) is 0 Å². The summed E-state index contributed by atoms with van der Waals surface area (Å²) in [5.74, 6) is -0.202. The molecule has 0 aliphatic carbocycles. The van der Waals surface area contributed by atoms with Crippen molar-refractivity contribution in [1.82, 2.24) is 5.32 Å². The number of nitrogens with one attached hydrogen (secondary N) is 2. The molecule has 0 saturated carbocycles. The Morgan fingerprint density at radius 1 is 1.04 bits per heavy atom. The molecular formula is C15H22N2O6. The standard InChI is InChI=1S/C15H22N2O6/c1-8(2)12(14(18)19)17-15(20)16-9-6-10(21-3)13(23-5)11(7-9)22-4/h6-8,12H,1-5H3,(H,18,19)(H2,16,17,20). The summed E-state index contributed by atoms with van der Waals surface area (Å²) in [6.07, 6.45) is 0. The smallest absolute Gasteiger partial charge is 0.326 e. The molecule has 1 rings (SSSR count). The van der Waals surface area contributed by atoms with Crippen LogP contribution in [0.3, 0.4) is 0 Å². The van der Waals surface area contributed by atoms with Crippen molar-refractivity contribution in [1.29, 1.82) is 0 Å². The van der Waals surface area contributed by atoms with Crippen molar-refractivity contribution in [2.45, 2.75) is 19.9 Å². The minimum atomic E-state index is -1.10. The van der Waals surface area contributed by atoms with Crippen LogP contribution >= 0.6 is 0 Å². The minimum absolute atomic E-state index is 0.252. The molecule has 8 heteroatoms. The highest BCUT2D eigenvalue weighted by molar-refractivity contribution is 5.93. The molecule has 8 nitrogen and oxygen atoms in total. The lowest BCUT2D eigenvalue weighted by Gasteiger charge is -2.19. The quantitative estimate of drug-likeness (QED) is 0.707. The van der Waals surface area contributed by atoms with Gasteiger partial charge in [0.2, 0.25) is 5.75 Å². The molecule has 1 unspecified atom stereocenters. The van der Waals surface area contributed by atoms with E-state index in [1.54, 1.807) is 26.0 Å². The molecule has 0 radical (unpaired) electrons. The average molecular weight is 326 g/mol. The molecular weight excluding hydrogens is 304 g/mol. The van der Waals surface area contributed by atoms with Crippen LogP contribution in [0, 0.1) is 5.92 Å². The number of ether oxygens (including phenoxy) is 3.